The van der Waals surface area contributed by atoms with Crippen LogP contribution in [0.5, 0.6) is 11.5 Å². The average molecular weight is 327 g/mol. The number of nitrogens with one attached hydrogen (secondary N) is 1. The van der Waals surface area contributed by atoms with Crippen LogP contribution in [0.15, 0.2) is 48.5 Å². The van der Waals surface area contributed by atoms with Crippen LogP contribution in [0.3, 0.4) is 0 Å². The van der Waals surface area contributed by atoms with Gasteiger partial charge in [-0.05, 0) is 25.0 Å². The van der Waals surface area contributed by atoms with Crippen LogP contribution in [-0.2, 0) is 6.54 Å². The Kier molecular flexibility index (Phi) is 7.63. The molecule has 24 heavy (non-hydrogen) atoms. The van der Waals surface area contributed by atoms with E-state index in [0.717, 1.165) is 36.6 Å². The maximum Gasteiger partial charge on any atom is 0.165 e. The van der Waals surface area contributed by atoms with Crippen molar-refractivity contribution < 1.29 is 9.47 Å². The number of para-hydroxylation sites is 1. The first-order valence-corrected chi connectivity index (χ1v) is 8.83. The largest absolute Gasteiger partial charge is 0.493 e. The van der Waals surface area contributed by atoms with Crippen molar-refractivity contribution in [3.8, 4) is 11.5 Å². The van der Waals surface area contributed by atoms with Crippen molar-refractivity contribution >= 4 is 0 Å². The summed E-state index contributed by atoms with van der Waals surface area (Å²) in [6, 6.07) is 16.8. The van der Waals surface area contributed by atoms with Gasteiger partial charge in [-0.2, -0.15) is 0 Å². The van der Waals surface area contributed by atoms with E-state index in [1.807, 2.05) is 18.2 Å². The van der Waals surface area contributed by atoms with Crippen LogP contribution in [0.1, 0.15) is 50.3 Å². The van der Waals surface area contributed by atoms with E-state index in [2.05, 4.69) is 49.5 Å². The second-order valence-corrected chi connectivity index (χ2v) is 6.02. The first-order valence-electron chi connectivity index (χ1n) is 8.83. The Morgan fingerprint density at radius 1 is 1.00 bits per heavy atom. The van der Waals surface area contributed by atoms with Crippen LogP contribution in [0.2, 0.25) is 0 Å². The molecule has 0 radical (unpaired) electrons. The highest BCUT2D eigenvalue weighted by atomic mass is 16.5. The average Bonchev–Trinajstić information content (AvgIpc) is 2.64. The zero-order chi connectivity index (χ0) is 17.2. The third-order valence-corrected chi connectivity index (χ3v) is 4.17. The number of hydrogen-bond donors (Lipinski definition) is 1. The molecule has 3 nitrogen and oxygen atoms in total. The number of methoxy groups -OCH3 is 1. The summed E-state index contributed by atoms with van der Waals surface area (Å²) in [5.74, 6) is 1.67. The highest BCUT2D eigenvalue weighted by molar-refractivity contribution is 5.46. The minimum atomic E-state index is 0.283. The van der Waals surface area contributed by atoms with Crippen LogP contribution < -0.4 is 14.8 Å². The lowest BCUT2D eigenvalue weighted by Crippen LogP contribution is -2.18. The van der Waals surface area contributed by atoms with Gasteiger partial charge in [-0.1, -0.05) is 62.2 Å². The molecule has 1 atom stereocenters. The molecule has 0 amide bonds. The third kappa shape index (κ3) is 5.27. The normalized spacial score (nSPS) is 12.0. The van der Waals surface area contributed by atoms with Crippen molar-refractivity contribution in [2.45, 2.75) is 45.7 Å². The molecule has 0 heterocycles. The Balaban J connectivity index is 2.02. The topological polar surface area (TPSA) is 30.5 Å². The molecule has 0 saturated carbocycles. The molecular formula is C21H29NO2. The second-order valence-electron chi connectivity index (χ2n) is 6.02. The van der Waals surface area contributed by atoms with E-state index in [0.29, 0.717) is 0 Å². The minimum absolute atomic E-state index is 0.283. The van der Waals surface area contributed by atoms with Gasteiger partial charge in [-0.3, -0.25) is 0 Å². The van der Waals surface area contributed by atoms with Crippen LogP contribution in [0.4, 0.5) is 0 Å². The first-order chi connectivity index (χ1) is 11.8. The molecule has 0 aliphatic carbocycles. The number of benzene rings is 2. The maximum atomic E-state index is 6.03. The van der Waals surface area contributed by atoms with Crippen molar-refractivity contribution in [1.29, 1.82) is 0 Å². The molecule has 3 heteroatoms. The molecule has 2 aromatic carbocycles. The Bertz CT molecular complexity index is 598. The fourth-order valence-electron chi connectivity index (χ4n) is 2.67. The Hall–Kier alpha value is -2.00. The maximum absolute atomic E-state index is 6.03. The molecule has 0 aliphatic heterocycles. The number of unbranched alkanes of at least 4 members (excludes halogenated alkanes) is 2. The van der Waals surface area contributed by atoms with Gasteiger partial charge in [0.25, 0.3) is 0 Å². The zero-order valence-corrected chi connectivity index (χ0v) is 15.0. The highest BCUT2D eigenvalue weighted by Gasteiger charge is 2.12. The second kappa shape index (κ2) is 9.99. The lowest BCUT2D eigenvalue weighted by atomic mass is 10.1. The quantitative estimate of drug-likeness (QED) is 0.615. The van der Waals surface area contributed by atoms with Crippen molar-refractivity contribution in [3.63, 3.8) is 0 Å². The van der Waals surface area contributed by atoms with Gasteiger partial charge in [0.2, 0.25) is 0 Å². The summed E-state index contributed by atoms with van der Waals surface area (Å²) in [5, 5.41) is 3.57. The van der Waals surface area contributed by atoms with Crippen molar-refractivity contribution in [1.82, 2.24) is 5.32 Å². The van der Waals surface area contributed by atoms with Gasteiger partial charge in [0.15, 0.2) is 11.5 Å². The summed E-state index contributed by atoms with van der Waals surface area (Å²) in [6.07, 6.45) is 3.45. The molecule has 0 saturated heterocycles. The van der Waals surface area contributed by atoms with Crippen molar-refractivity contribution in [3.05, 3.63) is 59.7 Å². The highest BCUT2D eigenvalue weighted by Crippen LogP contribution is 2.31. The van der Waals surface area contributed by atoms with Gasteiger partial charge in [-0.15, -0.1) is 0 Å². The summed E-state index contributed by atoms with van der Waals surface area (Å²) in [7, 11) is 1.69. The van der Waals surface area contributed by atoms with Crippen LogP contribution in [-0.4, -0.2) is 13.7 Å². The fourth-order valence-corrected chi connectivity index (χ4v) is 2.67. The number of rotatable bonds is 10. The summed E-state index contributed by atoms with van der Waals surface area (Å²) in [5.41, 5.74) is 2.42. The van der Waals surface area contributed by atoms with Crippen molar-refractivity contribution in [2.75, 3.05) is 13.7 Å². The van der Waals surface area contributed by atoms with Gasteiger partial charge in [0.05, 0.1) is 13.7 Å². The molecule has 1 unspecified atom stereocenters. The van der Waals surface area contributed by atoms with E-state index < -0.39 is 0 Å². The summed E-state index contributed by atoms with van der Waals surface area (Å²) in [4.78, 5) is 0. The smallest absolute Gasteiger partial charge is 0.165 e. The van der Waals surface area contributed by atoms with E-state index >= 15 is 0 Å². The first kappa shape index (κ1) is 18.3. The monoisotopic (exact) mass is 327 g/mol. The lowest BCUT2D eigenvalue weighted by Gasteiger charge is -2.18. The molecule has 2 aromatic rings. The van der Waals surface area contributed by atoms with Crippen LogP contribution in [0.25, 0.3) is 0 Å². The molecule has 0 bridgehead atoms. The standard InChI is InChI=1S/C21H29NO2/c1-4-5-9-15-24-21-19(13-10-14-20(21)23-3)16-22-17(2)18-11-7-6-8-12-18/h6-8,10-14,17,22H,4-5,9,15-16H2,1-3H3. The van der Waals surface area contributed by atoms with Gasteiger partial charge in [0.1, 0.15) is 0 Å². The molecule has 2 rings (SSSR count). The summed E-state index contributed by atoms with van der Waals surface area (Å²) < 4.78 is 11.5. The summed E-state index contributed by atoms with van der Waals surface area (Å²) in [6.45, 7) is 5.85. The molecule has 1 N–H and O–H groups in total. The van der Waals surface area contributed by atoms with Gasteiger partial charge in [0, 0.05) is 18.2 Å². The molecule has 0 spiro atoms. The van der Waals surface area contributed by atoms with E-state index in [1.165, 1.54) is 18.4 Å². The zero-order valence-electron chi connectivity index (χ0n) is 15.0. The predicted molar refractivity (Wildman–Crippen MR) is 99.7 cm³/mol. The molecule has 130 valence electrons. The number of ether oxygens (including phenoxy) is 2. The lowest BCUT2D eigenvalue weighted by molar-refractivity contribution is 0.282. The SMILES string of the molecule is CCCCCOc1c(CNC(C)c2ccccc2)cccc1OC. The molecule has 0 aromatic heterocycles. The predicted octanol–water partition coefficient (Wildman–Crippen LogP) is 5.12. The van der Waals surface area contributed by atoms with E-state index in [4.69, 9.17) is 9.47 Å². The molecule has 0 fully saturated rings. The third-order valence-electron chi connectivity index (χ3n) is 4.17. The van der Waals surface area contributed by atoms with Gasteiger partial charge in [-0.25, -0.2) is 0 Å². The molecular weight excluding hydrogens is 298 g/mol. The van der Waals surface area contributed by atoms with Crippen molar-refractivity contribution in [2.24, 2.45) is 0 Å². The molecule has 0 aliphatic rings. The van der Waals surface area contributed by atoms with E-state index in [1.54, 1.807) is 7.11 Å². The Morgan fingerprint density at radius 3 is 2.50 bits per heavy atom. The summed E-state index contributed by atoms with van der Waals surface area (Å²) >= 11 is 0. The Labute approximate surface area is 146 Å². The van der Waals surface area contributed by atoms with Crippen LogP contribution >= 0.6 is 0 Å². The number of hydrogen-bond acceptors (Lipinski definition) is 3. The van der Waals surface area contributed by atoms with Crippen LogP contribution in [0, 0.1) is 0 Å². The van der Waals surface area contributed by atoms with Gasteiger partial charge >= 0.3 is 0 Å². The van der Waals surface area contributed by atoms with E-state index in [-0.39, 0.29) is 6.04 Å². The Morgan fingerprint density at radius 2 is 1.79 bits per heavy atom. The van der Waals surface area contributed by atoms with E-state index in [9.17, 15) is 0 Å². The fraction of sp³-hybridized carbons (Fsp3) is 0.429. The minimum Gasteiger partial charge on any atom is -0.493 e. The van der Waals surface area contributed by atoms with Gasteiger partial charge < -0.3 is 14.8 Å².